The molecule has 30 heavy (non-hydrogen) atoms. The molecule has 2 nitrogen and oxygen atoms in total. The van der Waals surface area contributed by atoms with E-state index in [0.717, 1.165) is 32.2 Å². The van der Waals surface area contributed by atoms with E-state index in [-0.39, 0.29) is 5.92 Å². The van der Waals surface area contributed by atoms with Gasteiger partial charge >= 0.3 is 0 Å². The highest BCUT2D eigenvalue weighted by atomic mass is 16.2. The summed E-state index contributed by atoms with van der Waals surface area (Å²) < 4.78 is 0. The summed E-state index contributed by atoms with van der Waals surface area (Å²) in [5.74, 6) is 0.709. The SMILES string of the molecule is CN(CCc1ccccc1)C(=O)[C@H]1CCCC[C@@H]1c1cccc(-c2ccccc2)c1. The fourth-order valence-corrected chi connectivity index (χ4v) is 4.74. The molecule has 0 aromatic heterocycles. The predicted molar refractivity (Wildman–Crippen MR) is 124 cm³/mol. The molecule has 0 spiro atoms. The Kier molecular flexibility index (Phi) is 6.63. The first-order chi connectivity index (χ1) is 14.7. The van der Waals surface area contributed by atoms with E-state index in [1.165, 1.54) is 28.7 Å². The number of hydrogen-bond donors (Lipinski definition) is 0. The Morgan fingerprint density at radius 1 is 0.833 bits per heavy atom. The second kappa shape index (κ2) is 9.75. The Labute approximate surface area is 180 Å². The van der Waals surface area contributed by atoms with Crippen molar-refractivity contribution >= 4 is 5.91 Å². The maximum Gasteiger partial charge on any atom is 0.226 e. The molecule has 0 bridgehead atoms. The number of benzene rings is 3. The van der Waals surface area contributed by atoms with Crippen LogP contribution in [-0.4, -0.2) is 24.4 Å². The zero-order valence-electron chi connectivity index (χ0n) is 17.8. The van der Waals surface area contributed by atoms with Crippen LogP contribution in [0.5, 0.6) is 0 Å². The zero-order chi connectivity index (χ0) is 20.8. The van der Waals surface area contributed by atoms with Gasteiger partial charge < -0.3 is 4.90 Å². The quantitative estimate of drug-likeness (QED) is 0.476. The van der Waals surface area contributed by atoms with Crippen molar-refractivity contribution in [2.24, 2.45) is 5.92 Å². The molecule has 0 unspecified atom stereocenters. The average Bonchev–Trinajstić information content (AvgIpc) is 2.83. The van der Waals surface area contributed by atoms with Crippen molar-refractivity contribution in [2.75, 3.05) is 13.6 Å². The summed E-state index contributed by atoms with van der Waals surface area (Å²) in [4.78, 5) is 15.3. The second-order valence-electron chi connectivity index (χ2n) is 8.48. The van der Waals surface area contributed by atoms with Crippen LogP contribution < -0.4 is 0 Å². The summed E-state index contributed by atoms with van der Waals surface area (Å²) in [6, 6.07) is 29.8. The molecule has 1 amide bonds. The number of hydrogen-bond acceptors (Lipinski definition) is 1. The summed E-state index contributed by atoms with van der Waals surface area (Å²) in [5.41, 5.74) is 5.07. The van der Waals surface area contributed by atoms with Gasteiger partial charge in [0.2, 0.25) is 5.91 Å². The third-order valence-corrected chi connectivity index (χ3v) is 6.46. The van der Waals surface area contributed by atoms with E-state index in [0.29, 0.717) is 11.8 Å². The monoisotopic (exact) mass is 397 g/mol. The van der Waals surface area contributed by atoms with Gasteiger partial charge in [0, 0.05) is 19.5 Å². The number of carbonyl (C=O) groups is 1. The van der Waals surface area contributed by atoms with Gasteiger partial charge in [0.1, 0.15) is 0 Å². The molecular formula is C28H31NO. The highest BCUT2D eigenvalue weighted by molar-refractivity contribution is 5.80. The van der Waals surface area contributed by atoms with Crippen molar-refractivity contribution in [3.05, 3.63) is 96.1 Å². The molecule has 0 saturated heterocycles. The number of nitrogens with zero attached hydrogens (tertiary/aromatic N) is 1. The highest BCUT2D eigenvalue weighted by Crippen LogP contribution is 2.39. The molecule has 4 rings (SSSR count). The van der Waals surface area contributed by atoms with Crippen LogP contribution in [0.25, 0.3) is 11.1 Å². The maximum absolute atomic E-state index is 13.4. The van der Waals surface area contributed by atoms with Crippen molar-refractivity contribution in [3.8, 4) is 11.1 Å². The Morgan fingerprint density at radius 3 is 2.27 bits per heavy atom. The molecule has 2 atom stereocenters. The van der Waals surface area contributed by atoms with E-state index in [1.54, 1.807) is 0 Å². The smallest absolute Gasteiger partial charge is 0.226 e. The minimum Gasteiger partial charge on any atom is -0.345 e. The van der Waals surface area contributed by atoms with Gasteiger partial charge in [-0.1, -0.05) is 97.8 Å². The third-order valence-electron chi connectivity index (χ3n) is 6.46. The van der Waals surface area contributed by atoms with Gasteiger partial charge in [0.05, 0.1) is 0 Å². The summed E-state index contributed by atoms with van der Waals surface area (Å²) in [5, 5.41) is 0. The summed E-state index contributed by atoms with van der Waals surface area (Å²) in [6.07, 6.45) is 5.36. The molecule has 1 saturated carbocycles. The standard InChI is InChI=1S/C28H31NO/c1-29(20-19-22-11-4-2-5-12-22)28(30)27-18-9-8-17-26(27)25-16-10-15-24(21-25)23-13-6-3-7-14-23/h2-7,10-16,21,26-27H,8-9,17-20H2,1H3/t26-,27+/m1/s1. The molecule has 0 radical (unpaired) electrons. The van der Waals surface area contributed by atoms with Gasteiger partial charge in [0.15, 0.2) is 0 Å². The Balaban J connectivity index is 1.49. The minimum absolute atomic E-state index is 0.0885. The largest absolute Gasteiger partial charge is 0.345 e. The van der Waals surface area contributed by atoms with E-state index in [4.69, 9.17) is 0 Å². The minimum atomic E-state index is 0.0885. The van der Waals surface area contributed by atoms with E-state index in [9.17, 15) is 4.79 Å². The number of rotatable bonds is 6. The number of likely N-dealkylation sites (N-methyl/N-ethyl adjacent to an activating group) is 1. The first kappa shape index (κ1) is 20.4. The molecule has 0 aliphatic heterocycles. The van der Waals surface area contributed by atoms with Crippen LogP contribution in [0, 0.1) is 5.92 Å². The lowest BCUT2D eigenvalue weighted by Crippen LogP contribution is -2.38. The highest BCUT2D eigenvalue weighted by Gasteiger charge is 2.33. The van der Waals surface area contributed by atoms with E-state index < -0.39 is 0 Å². The first-order valence-electron chi connectivity index (χ1n) is 11.2. The topological polar surface area (TPSA) is 20.3 Å². The summed E-state index contributed by atoms with van der Waals surface area (Å²) >= 11 is 0. The number of carbonyl (C=O) groups excluding carboxylic acids is 1. The van der Waals surface area contributed by atoms with Gasteiger partial charge in [-0.15, -0.1) is 0 Å². The molecule has 3 aromatic carbocycles. The zero-order valence-corrected chi connectivity index (χ0v) is 17.8. The van der Waals surface area contributed by atoms with Crippen LogP contribution in [0.15, 0.2) is 84.9 Å². The molecule has 154 valence electrons. The number of amides is 1. The molecule has 1 aliphatic carbocycles. The van der Waals surface area contributed by atoms with Crippen LogP contribution in [0.2, 0.25) is 0 Å². The van der Waals surface area contributed by atoms with Crippen LogP contribution in [0.1, 0.15) is 42.7 Å². The molecule has 1 aliphatic rings. The van der Waals surface area contributed by atoms with E-state index in [2.05, 4.69) is 78.9 Å². The van der Waals surface area contributed by atoms with Crippen molar-refractivity contribution in [1.29, 1.82) is 0 Å². The van der Waals surface area contributed by atoms with Crippen molar-refractivity contribution in [1.82, 2.24) is 4.90 Å². The van der Waals surface area contributed by atoms with Gasteiger partial charge in [-0.2, -0.15) is 0 Å². The van der Waals surface area contributed by atoms with E-state index in [1.807, 2.05) is 18.0 Å². The molecule has 0 N–H and O–H groups in total. The lowest BCUT2D eigenvalue weighted by molar-refractivity contribution is -0.135. The molecule has 2 heteroatoms. The second-order valence-corrected chi connectivity index (χ2v) is 8.48. The van der Waals surface area contributed by atoms with Gasteiger partial charge in [-0.05, 0) is 47.4 Å². The Morgan fingerprint density at radius 2 is 1.50 bits per heavy atom. The molecule has 0 heterocycles. The maximum atomic E-state index is 13.4. The van der Waals surface area contributed by atoms with Gasteiger partial charge in [-0.25, -0.2) is 0 Å². The third kappa shape index (κ3) is 4.81. The van der Waals surface area contributed by atoms with Crippen molar-refractivity contribution in [2.45, 2.75) is 38.0 Å². The normalized spacial score (nSPS) is 18.7. The Hall–Kier alpha value is -2.87. The fourth-order valence-electron chi connectivity index (χ4n) is 4.74. The predicted octanol–water partition coefficient (Wildman–Crippen LogP) is 6.33. The summed E-state index contributed by atoms with van der Waals surface area (Å²) in [7, 11) is 1.97. The Bertz CT molecular complexity index is 951. The van der Waals surface area contributed by atoms with Crippen LogP contribution in [0.4, 0.5) is 0 Å². The van der Waals surface area contributed by atoms with E-state index >= 15 is 0 Å². The lowest BCUT2D eigenvalue weighted by Gasteiger charge is -2.34. The van der Waals surface area contributed by atoms with Crippen LogP contribution in [-0.2, 0) is 11.2 Å². The average molecular weight is 398 g/mol. The lowest BCUT2D eigenvalue weighted by atomic mass is 9.74. The van der Waals surface area contributed by atoms with Gasteiger partial charge in [0.25, 0.3) is 0 Å². The van der Waals surface area contributed by atoms with Crippen LogP contribution in [0.3, 0.4) is 0 Å². The first-order valence-corrected chi connectivity index (χ1v) is 11.2. The molecule has 1 fully saturated rings. The summed E-state index contributed by atoms with van der Waals surface area (Å²) in [6.45, 7) is 0.774. The molecule has 3 aromatic rings. The van der Waals surface area contributed by atoms with Gasteiger partial charge in [-0.3, -0.25) is 4.79 Å². The van der Waals surface area contributed by atoms with Crippen molar-refractivity contribution < 1.29 is 4.79 Å². The molecular weight excluding hydrogens is 366 g/mol. The van der Waals surface area contributed by atoms with Crippen molar-refractivity contribution in [3.63, 3.8) is 0 Å². The fraction of sp³-hybridized carbons (Fsp3) is 0.321. The van der Waals surface area contributed by atoms with Crippen LogP contribution >= 0.6 is 0 Å².